The maximum atomic E-state index is 11.5. The summed E-state index contributed by atoms with van der Waals surface area (Å²) in [5.74, 6) is 0. The molecule has 23 heavy (non-hydrogen) atoms. The number of carbonyl (C=O) groups excluding carboxylic acids is 1. The van der Waals surface area contributed by atoms with Gasteiger partial charge in [0.1, 0.15) is 0 Å². The lowest BCUT2D eigenvalue weighted by Gasteiger charge is -2.00. The first-order valence-corrected chi connectivity index (χ1v) is 11.3. The fourth-order valence-corrected chi connectivity index (χ4v) is 6.60. The Labute approximate surface area is 156 Å². The molecular formula is C19H27BrOS2. The van der Waals surface area contributed by atoms with E-state index in [1.165, 1.54) is 75.7 Å². The average molecular weight is 415 g/mol. The van der Waals surface area contributed by atoms with E-state index in [0.717, 1.165) is 24.0 Å². The molecule has 0 spiro atoms. The standard InChI is InChI=1S/C19H27BrOS2/c1-3-5-7-9-11-14-16(13-21)22-18-15(12-10-8-6-4-2)19(20)23-17(14)18/h13H,3-12H2,1-2H3. The number of aryl methyl sites for hydroxylation is 2. The monoisotopic (exact) mass is 414 g/mol. The van der Waals surface area contributed by atoms with Gasteiger partial charge in [-0.25, -0.2) is 0 Å². The summed E-state index contributed by atoms with van der Waals surface area (Å²) in [5.41, 5.74) is 2.75. The first kappa shape index (κ1) is 19.1. The molecule has 0 radical (unpaired) electrons. The Hall–Kier alpha value is -0.190. The van der Waals surface area contributed by atoms with Crippen LogP contribution in [-0.2, 0) is 12.8 Å². The number of hydrogen-bond acceptors (Lipinski definition) is 3. The molecule has 0 unspecified atom stereocenters. The first-order valence-electron chi connectivity index (χ1n) is 8.90. The van der Waals surface area contributed by atoms with Gasteiger partial charge in [-0.3, -0.25) is 4.79 Å². The van der Waals surface area contributed by atoms with Crippen LogP contribution in [0.25, 0.3) is 9.40 Å². The Morgan fingerprint density at radius 2 is 1.39 bits per heavy atom. The lowest BCUT2D eigenvalue weighted by Crippen LogP contribution is -1.88. The van der Waals surface area contributed by atoms with E-state index in [1.807, 2.05) is 11.3 Å². The van der Waals surface area contributed by atoms with Crippen molar-refractivity contribution >= 4 is 54.3 Å². The minimum Gasteiger partial charge on any atom is -0.297 e. The van der Waals surface area contributed by atoms with Crippen LogP contribution in [0, 0.1) is 0 Å². The number of hydrogen-bond donors (Lipinski definition) is 0. The molecule has 2 aromatic rings. The third-order valence-electron chi connectivity index (χ3n) is 4.36. The van der Waals surface area contributed by atoms with Crippen LogP contribution in [0.1, 0.15) is 86.0 Å². The largest absolute Gasteiger partial charge is 0.297 e. The summed E-state index contributed by atoms with van der Waals surface area (Å²) in [6, 6.07) is 0. The van der Waals surface area contributed by atoms with Crippen molar-refractivity contribution < 1.29 is 4.79 Å². The molecule has 128 valence electrons. The molecule has 2 heterocycles. The van der Waals surface area contributed by atoms with Gasteiger partial charge in [-0.2, -0.15) is 0 Å². The highest BCUT2D eigenvalue weighted by molar-refractivity contribution is 9.11. The molecule has 0 saturated heterocycles. The second kappa shape index (κ2) is 9.95. The Balaban J connectivity index is 2.17. The van der Waals surface area contributed by atoms with Crippen molar-refractivity contribution in [2.24, 2.45) is 0 Å². The lowest BCUT2D eigenvalue weighted by atomic mass is 10.1. The Kier molecular flexibility index (Phi) is 8.28. The lowest BCUT2D eigenvalue weighted by molar-refractivity contribution is 0.112. The molecule has 0 aromatic carbocycles. The van der Waals surface area contributed by atoms with Gasteiger partial charge in [0.25, 0.3) is 0 Å². The van der Waals surface area contributed by atoms with Crippen molar-refractivity contribution in [3.05, 3.63) is 19.8 Å². The molecule has 2 rings (SSSR count). The van der Waals surface area contributed by atoms with Gasteiger partial charge >= 0.3 is 0 Å². The van der Waals surface area contributed by atoms with Crippen LogP contribution < -0.4 is 0 Å². The number of unbranched alkanes of at least 4 members (excludes halogenated alkanes) is 6. The number of aldehydes is 1. The molecule has 0 saturated carbocycles. The van der Waals surface area contributed by atoms with E-state index in [0.29, 0.717) is 0 Å². The molecular weight excluding hydrogens is 388 g/mol. The third kappa shape index (κ3) is 4.90. The summed E-state index contributed by atoms with van der Waals surface area (Å²) in [6.07, 6.45) is 13.4. The van der Waals surface area contributed by atoms with Crippen LogP contribution in [0.3, 0.4) is 0 Å². The van der Waals surface area contributed by atoms with Crippen LogP contribution in [0.4, 0.5) is 0 Å². The molecule has 1 nitrogen and oxygen atoms in total. The predicted molar refractivity (Wildman–Crippen MR) is 108 cm³/mol. The zero-order chi connectivity index (χ0) is 16.7. The van der Waals surface area contributed by atoms with Gasteiger partial charge in [0.15, 0.2) is 6.29 Å². The van der Waals surface area contributed by atoms with E-state index < -0.39 is 0 Å². The number of halogens is 1. The van der Waals surface area contributed by atoms with E-state index in [1.54, 1.807) is 11.3 Å². The Morgan fingerprint density at radius 3 is 1.96 bits per heavy atom. The molecule has 0 amide bonds. The van der Waals surface area contributed by atoms with Gasteiger partial charge in [-0.1, -0.05) is 52.4 Å². The van der Waals surface area contributed by atoms with Crippen LogP contribution in [0.15, 0.2) is 3.79 Å². The average Bonchev–Trinajstić information content (AvgIpc) is 3.04. The van der Waals surface area contributed by atoms with Crippen molar-refractivity contribution in [2.75, 3.05) is 0 Å². The molecule has 0 atom stereocenters. The topological polar surface area (TPSA) is 17.1 Å². The van der Waals surface area contributed by atoms with Crippen molar-refractivity contribution in [2.45, 2.75) is 78.1 Å². The summed E-state index contributed by atoms with van der Waals surface area (Å²) in [6.45, 7) is 4.49. The van der Waals surface area contributed by atoms with Gasteiger partial charge in [-0.15, -0.1) is 22.7 Å². The normalized spacial score (nSPS) is 11.4. The quantitative estimate of drug-likeness (QED) is 0.270. The van der Waals surface area contributed by atoms with Gasteiger partial charge in [0.2, 0.25) is 0 Å². The highest BCUT2D eigenvalue weighted by atomic mass is 79.9. The van der Waals surface area contributed by atoms with Gasteiger partial charge in [-0.05, 0) is 52.7 Å². The zero-order valence-corrected chi connectivity index (χ0v) is 17.5. The molecule has 0 aliphatic carbocycles. The van der Waals surface area contributed by atoms with E-state index >= 15 is 0 Å². The van der Waals surface area contributed by atoms with Crippen molar-refractivity contribution in [3.63, 3.8) is 0 Å². The summed E-state index contributed by atoms with van der Waals surface area (Å²) in [7, 11) is 0. The van der Waals surface area contributed by atoms with E-state index in [2.05, 4.69) is 29.8 Å². The molecule has 2 aromatic heterocycles. The second-order valence-electron chi connectivity index (χ2n) is 6.20. The number of carbonyl (C=O) groups is 1. The SMILES string of the molecule is CCCCCCc1c(Br)sc2c(CCCCCC)c(C=O)sc12. The highest BCUT2D eigenvalue weighted by Gasteiger charge is 2.19. The first-order chi connectivity index (χ1) is 11.2. The fourth-order valence-electron chi connectivity index (χ4n) is 3.01. The van der Waals surface area contributed by atoms with Crippen molar-refractivity contribution in [1.29, 1.82) is 0 Å². The molecule has 0 aliphatic heterocycles. The fraction of sp³-hybridized carbons (Fsp3) is 0.632. The van der Waals surface area contributed by atoms with E-state index in [9.17, 15) is 4.79 Å². The number of fused-ring (bicyclic) bond motifs is 1. The molecule has 0 aliphatic rings. The zero-order valence-electron chi connectivity index (χ0n) is 14.3. The maximum absolute atomic E-state index is 11.5. The van der Waals surface area contributed by atoms with Crippen LogP contribution >= 0.6 is 38.6 Å². The Bertz CT molecular complexity index is 627. The number of thiophene rings is 2. The summed E-state index contributed by atoms with van der Waals surface area (Å²) in [5, 5.41) is 0. The molecule has 4 heteroatoms. The maximum Gasteiger partial charge on any atom is 0.160 e. The smallest absolute Gasteiger partial charge is 0.160 e. The molecule has 0 fully saturated rings. The van der Waals surface area contributed by atoms with Crippen molar-refractivity contribution in [3.8, 4) is 0 Å². The molecule has 0 N–H and O–H groups in total. The number of rotatable bonds is 11. The van der Waals surface area contributed by atoms with Crippen molar-refractivity contribution in [1.82, 2.24) is 0 Å². The summed E-state index contributed by atoms with van der Waals surface area (Å²) in [4.78, 5) is 12.4. The summed E-state index contributed by atoms with van der Waals surface area (Å²) >= 11 is 7.32. The Morgan fingerprint density at radius 1 is 0.826 bits per heavy atom. The minimum atomic E-state index is 0.963. The minimum absolute atomic E-state index is 0.963. The second-order valence-corrected chi connectivity index (χ2v) is 9.59. The van der Waals surface area contributed by atoms with E-state index in [4.69, 9.17) is 0 Å². The van der Waals surface area contributed by atoms with Gasteiger partial charge in [0.05, 0.1) is 18.1 Å². The highest BCUT2D eigenvalue weighted by Crippen LogP contribution is 2.44. The third-order valence-corrected chi connectivity index (χ3v) is 7.75. The van der Waals surface area contributed by atoms with Crippen LogP contribution in [0.5, 0.6) is 0 Å². The van der Waals surface area contributed by atoms with Crippen LogP contribution in [0.2, 0.25) is 0 Å². The summed E-state index contributed by atoms with van der Waals surface area (Å²) < 4.78 is 4.01. The van der Waals surface area contributed by atoms with E-state index in [-0.39, 0.29) is 0 Å². The van der Waals surface area contributed by atoms with Gasteiger partial charge < -0.3 is 0 Å². The van der Waals surface area contributed by atoms with Gasteiger partial charge in [0, 0.05) is 0 Å². The predicted octanol–water partition coefficient (Wildman–Crippen LogP) is 7.78. The van der Waals surface area contributed by atoms with Crippen LogP contribution in [-0.4, -0.2) is 6.29 Å². The molecule has 0 bridgehead atoms.